The number of rotatable bonds is 5. The molecule has 1 N–H and O–H groups in total. The van der Waals surface area contributed by atoms with Gasteiger partial charge in [-0.3, -0.25) is 0 Å². The lowest BCUT2D eigenvalue weighted by Gasteiger charge is -2.05. The van der Waals surface area contributed by atoms with E-state index < -0.39 is 5.97 Å². The van der Waals surface area contributed by atoms with E-state index in [1.165, 1.54) is 0 Å². The van der Waals surface area contributed by atoms with Crippen LogP contribution in [0.5, 0.6) is 5.75 Å². The van der Waals surface area contributed by atoms with Gasteiger partial charge in [0, 0.05) is 10.9 Å². The van der Waals surface area contributed by atoms with Crippen molar-refractivity contribution in [3.05, 3.63) is 70.7 Å². The minimum absolute atomic E-state index is 0.0739. The van der Waals surface area contributed by atoms with Crippen molar-refractivity contribution in [2.75, 3.05) is 0 Å². The Morgan fingerprint density at radius 2 is 2.09 bits per heavy atom. The summed E-state index contributed by atoms with van der Waals surface area (Å²) in [5, 5.41) is 10.6. The molecule has 0 radical (unpaired) electrons. The van der Waals surface area contributed by atoms with Crippen LogP contribution >= 0.6 is 11.3 Å². The molecular weight excluding hydrogens is 298 g/mol. The van der Waals surface area contributed by atoms with Crippen LogP contribution in [0, 0.1) is 12.1 Å². The highest BCUT2D eigenvalue weighted by atomic mass is 32.1. The molecule has 4 nitrogen and oxygen atoms in total. The van der Waals surface area contributed by atoms with Crippen molar-refractivity contribution in [2.45, 2.75) is 6.61 Å². The molecule has 3 rings (SSSR count). The van der Waals surface area contributed by atoms with E-state index in [0.29, 0.717) is 11.4 Å². The number of hydrogen-bond acceptors (Lipinski definition) is 4. The Labute approximate surface area is 131 Å². The second-order valence-corrected chi connectivity index (χ2v) is 5.33. The largest absolute Gasteiger partial charge is 0.487 e. The molecule has 0 saturated carbocycles. The third-order valence-corrected chi connectivity index (χ3v) is 3.82. The third-order valence-electron chi connectivity index (χ3n) is 2.94. The molecule has 0 bridgehead atoms. The van der Waals surface area contributed by atoms with E-state index >= 15 is 0 Å². The van der Waals surface area contributed by atoms with Crippen molar-refractivity contribution in [1.29, 1.82) is 0 Å². The molecule has 0 aliphatic carbocycles. The van der Waals surface area contributed by atoms with Crippen molar-refractivity contribution in [2.24, 2.45) is 0 Å². The average molecular weight is 309 g/mol. The molecular formula is C17H11NO3S. The van der Waals surface area contributed by atoms with Gasteiger partial charge in [-0.25, -0.2) is 9.78 Å². The molecule has 0 spiro atoms. The van der Waals surface area contributed by atoms with Crippen LogP contribution in [0.1, 0.15) is 15.5 Å². The lowest BCUT2D eigenvalue weighted by molar-refractivity contribution is 0.0696. The summed E-state index contributed by atoms with van der Waals surface area (Å²) in [6, 6.07) is 19.3. The number of aromatic nitrogens is 1. The Balaban J connectivity index is 1.65. The zero-order valence-corrected chi connectivity index (χ0v) is 12.3. The van der Waals surface area contributed by atoms with Crippen LogP contribution in [0.3, 0.4) is 0 Å². The van der Waals surface area contributed by atoms with Crippen LogP contribution in [0.2, 0.25) is 0 Å². The first-order chi connectivity index (χ1) is 10.7. The first-order valence-electron chi connectivity index (χ1n) is 6.52. The van der Waals surface area contributed by atoms with Gasteiger partial charge in [-0.05, 0) is 29.8 Å². The standard InChI is InChI=1S/C17H11NO3S/c19-17(20)16-18-14(11-22-16)10-21-15-8-6-13(7-9-15)12-4-2-1-3-5-12/h1-2,4,6-9,11H,10H2,(H,19,20). The van der Waals surface area contributed by atoms with Crippen LogP contribution in [0.15, 0.2) is 47.8 Å². The third kappa shape index (κ3) is 3.25. The topological polar surface area (TPSA) is 59.4 Å². The molecule has 108 valence electrons. The van der Waals surface area contributed by atoms with Gasteiger partial charge in [0.1, 0.15) is 12.4 Å². The molecule has 1 heterocycles. The van der Waals surface area contributed by atoms with Crippen molar-refractivity contribution in [3.63, 3.8) is 0 Å². The Kier molecular flexibility index (Phi) is 4.03. The van der Waals surface area contributed by atoms with E-state index in [0.717, 1.165) is 22.5 Å². The van der Waals surface area contributed by atoms with Crippen LogP contribution in [0.4, 0.5) is 0 Å². The van der Waals surface area contributed by atoms with Gasteiger partial charge in [0.15, 0.2) is 0 Å². The second kappa shape index (κ2) is 6.29. The molecule has 5 heteroatoms. The number of carbonyl (C=O) groups is 1. The molecule has 0 fully saturated rings. The molecule has 3 aromatic rings. The molecule has 0 atom stereocenters. The normalized spacial score (nSPS) is 10.0. The summed E-state index contributed by atoms with van der Waals surface area (Å²) in [6.45, 7) is 0.244. The van der Waals surface area contributed by atoms with Gasteiger partial charge in [0.2, 0.25) is 5.01 Å². The highest BCUT2D eigenvalue weighted by molar-refractivity contribution is 7.11. The van der Waals surface area contributed by atoms with Crippen molar-refractivity contribution in [3.8, 4) is 16.9 Å². The predicted octanol–water partition coefficient (Wildman–Crippen LogP) is 3.69. The van der Waals surface area contributed by atoms with Crippen LogP contribution in [-0.4, -0.2) is 16.1 Å². The highest BCUT2D eigenvalue weighted by Gasteiger charge is 2.09. The first-order valence-corrected chi connectivity index (χ1v) is 7.39. The fourth-order valence-corrected chi connectivity index (χ4v) is 2.52. The molecule has 0 aliphatic heterocycles. The highest BCUT2D eigenvalue weighted by Crippen LogP contribution is 2.21. The SMILES string of the molecule is O=C(O)c1nc(COc2ccc(-c3c#cccc3)cc2)cs1. The fraction of sp³-hybridized carbons (Fsp3) is 0.0588. The molecule has 1 aromatic heterocycles. The number of carboxylic acid groups (broad SMARTS) is 1. The molecule has 0 aliphatic rings. The summed E-state index contributed by atoms with van der Waals surface area (Å²) < 4.78 is 5.61. The Hall–Kier alpha value is -2.84. The Morgan fingerprint density at radius 1 is 1.27 bits per heavy atom. The van der Waals surface area contributed by atoms with Gasteiger partial charge in [-0.15, -0.1) is 11.3 Å². The number of aromatic carboxylic acids is 1. The quantitative estimate of drug-likeness (QED) is 0.781. The van der Waals surface area contributed by atoms with Gasteiger partial charge in [-0.2, -0.15) is 0 Å². The van der Waals surface area contributed by atoms with Crippen molar-refractivity contribution in [1.82, 2.24) is 4.98 Å². The fourth-order valence-electron chi connectivity index (χ4n) is 1.88. The average Bonchev–Trinajstić information content (AvgIpc) is 3.04. The van der Waals surface area contributed by atoms with E-state index in [1.54, 1.807) is 11.4 Å². The first kappa shape index (κ1) is 14.1. The van der Waals surface area contributed by atoms with Crippen LogP contribution in [-0.2, 0) is 6.61 Å². The van der Waals surface area contributed by atoms with E-state index in [9.17, 15) is 4.79 Å². The zero-order chi connectivity index (χ0) is 15.4. The number of ether oxygens (including phenoxy) is 1. The number of carboxylic acids is 1. The van der Waals surface area contributed by atoms with Gasteiger partial charge in [0.25, 0.3) is 0 Å². The minimum atomic E-state index is -1.02. The summed E-state index contributed by atoms with van der Waals surface area (Å²) in [6.07, 6.45) is 0. The lowest BCUT2D eigenvalue weighted by atomic mass is 10.1. The van der Waals surface area contributed by atoms with E-state index in [2.05, 4.69) is 17.1 Å². The molecule has 0 unspecified atom stereocenters. The monoisotopic (exact) mass is 309 g/mol. The van der Waals surface area contributed by atoms with E-state index in [-0.39, 0.29) is 11.6 Å². The lowest BCUT2D eigenvalue weighted by Crippen LogP contribution is -1.99. The summed E-state index contributed by atoms with van der Waals surface area (Å²) in [5.41, 5.74) is 2.61. The van der Waals surface area contributed by atoms with E-state index in [4.69, 9.17) is 9.84 Å². The van der Waals surface area contributed by atoms with Gasteiger partial charge < -0.3 is 9.84 Å². The minimum Gasteiger partial charge on any atom is -0.487 e. The molecule has 2 aromatic carbocycles. The second-order valence-electron chi connectivity index (χ2n) is 4.47. The predicted molar refractivity (Wildman–Crippen MR) is 83.0 cm³/mol. The summed E-state index contributed by atoms with van der Waals surface area (Å²) in [5.74, 6) is -0.315. The van der Waals surface area contributed by atoms with Crippen LogP contribution < -0.4 is 4.74 Å². The number of benzene rings is 1. The molecule has 0 amide bonds. The zero-order valence-electron chi connectivity index (χ0n) is 11.4. The Morgan fingerprint density at radius 3 is 2.73 bits per heavy atom. The van der Waals surface area contributed by atoms with Gasteiger partial charge >= 0.3 is 5.97 Å². The van der Waals surface area contributed by atoms with Gasteiger partial charge in [0.05, 0.1) is 5.69 Å². The van der Waals surface area contributed by atoms with Gasteiger partial charge in [-0.1, -0.05) is 30.3 Å². The maximum absolute atomic E-state index is 10.8. The Bertz CT molecular complexity index is 766. The maximum atomic E-state index is 10.8. The van der Waals surface area contributed by atoms with E-state index in [1.807, 2.05) is 36.4 Å². The molecule has 22 heavy (non-hydrogen) atoms. The number of nitrogens with zero attached hydrogens (tertiary/aromatic N) is 1. The van der Waals surface area contributed by atoms with Crippen LogP contribution in [0.25, 0.3) is 11.1 Å². The number of hydrogen-bond donors (Lipinski definition) is 1. The smallest absolute Gasteiger partial charge is 0.365 e. The number of thiazole rings is 1. The summed E-state index contributed by atoms with van der Waals surface area (Å²) >= 11 is 1.09. The maximum Gasteiger partial charge on any atom is 0.365 e. The van der Waals surface area contributed by atoms with Crippen molar-refractivity contribution < 1.29 is 14.6 Å². The summed E-state index contributed by atoms with van der Waals surface area (Å²) in [7, 11) is 0. The van der Waals surface area contributed by atoms with Crippen molar-refractivity contribution >= 4 is 17.3 Å². The summed E-state index contributed by atoms with van der Waals surface area (Å²) in [4.78, 5) is 14.7. The molecule has 0 saturated heterocycles.